The van der Waals surface area contributed by atoms with Crippen molar-refractivity contribution < 1.29 is 27.0 Å². The fourth-order valence-electron chi connectivity index (χ4n) is 7.65. The molecule has 0 amide bonds. The van der Waals surface area contributed by atoms with Gasteiger partial charge in [-0.05, 0) is 31.0 Å². The molecule has 15 heteroatoms. The highest BCUT2D eigenvalue weighted by Crippen LogP contribution is 2.51. The molecule has 3 fully saturated rings. The smallest absolute Gasteiger partial charge is 0.319 e. The molecule has 0 unspecified atom stereocenters. The number of halogens is 5. The van der Waals surface area contributed by atoms with Gasteiger partial charge in [0.15, 0.2) is 11.6 Å². The van der Waals surface area contributed by atoms with Gasteiger partial charge in [-0.25, -0.2) is 17.6 Å². The number of rotatable bonds is 5. The third-order valence-corrected chi connectivity index (χ3v) is 11.1. The number of fused-ring (bicyclic) bond motifs is 2. The molecule has 0 spiro atoms. The number of anilines is 2. The van der Waals surface area contributed by atoms with Crippen LogP contribution in [0.3, 0.4) is 0 Å². The first-order valence-corrected chi connectivity index (χ1v) is 16.3. The van der Waals surface area contributed by atoms with E-state index in [0.717, 1.165) is 36.8 Å². The monoisotopic (exact) mass is 673 g/mol. The van der Waals surface area contributed by atoms with E-state index in [1.54, 1.807) is 4.90 Å². The molecule has 240 valence electrons. The minimum Gasteiger partial charge on any atom is -0.489 e. The zero-order chi connectivity index (χ0) is 31.9. The molecule has 0 bridgehead atoms. The quantitative estimate of drug-likeness (QED) is 0.271. The molecule has 2 aromatic carbocycles. The first-order chi connectivity index (χ1) is 22.2. The number of nitriles is 1. The van der Waals surface area contributed by atoms with E-state index in [4.69, 9.17) is 31.8 Å². The molecular weight excluding hydrogens is 646 g/mol. The second-order valence-electron chi connectivity index (χ2n) is 12.3. The van der Waals surface area contributed by atoms with Gasteiger partial charge in [0.05, 0.1) is 38.8 Å². The maximum atomic E-state index is 17.1. The Morgan fingerprint density at radius 2 is 2.07 bits per heavy atom. The number of ether oxygens (including phenoxy) is 2. The standard InChI is InChI=1S/C31H28ClF4N7O2S/c32-23-21(15-2-3-17(34)27-20(15)16(9-37)28(38)46-27)24(36)25-22-26(23)44-7-6-43(19-11-39-10-18(19)35)29(22)41-30(40-25)45-13-31-4-1-5-42(31)12-14(33)8-31/h2-3,14,18-19,39H,1,4-8,10-13,38H2/t14-,18+,19+,31+/m1/s1. The highest BCUT2D eigenvalue weighted by atomic mass is 35.5. The lowest BCUT2D eigenvalue weighted by Crippen LogP contribution is -2.44. The van der Waals surface area contributed by atoms with E-state index in [1.165, 1.54) is 6.07 Å². The SMILES string of the molecule is N#Cc1c(N)sc2c(F)ccc(-c3c(Cl)c4c5c(nc(OC[C@@]67CCCN6C[C@H](F)C7)nc5c3F)N([C@H]3CNC[C@@H]3F)CCO4)c12. The summed E-state index contributed by atoms with van der Waals surface area (Å²) in [5.41, 5.74) is 5.33. The van der Waals surface area contributed by atoms with Gasteiger partial charge in [0.25, 0.3) is 0 Å². The Morgan fingerprint density at radius 3 is 2.85 bits per heavy atom. The summed E-state index contributed by atoms with van der Waals surface area (Å²) in [6, 6.07) is 3.73. The fourth-order valence-corrected chi connectivity index (χ4v) is 8.93. The Balaban J connectivity index is 1.35. The van der Waals surface area contributed by atoms with E-state index < -0.39 is 35.6 Å². The second-order valence-corrected chi connectivity index (χ2v) is 13.7. The van der Waals surface area contributed by atoms with Crippen LogP contribution in [-0.4, -0.2) is 84.7 Å². The van der Waals surface area contributed by atoms with Crippen molar-refractivity contribution in [2.75, 3.05) is 56.6 Å². The van der Waals surface area contributed by atoms with Crippen LogP contribution in [0.5, 0.6) is 11.8 Å². The van der Waals surface area contributed by atoms with Crippen molar-refractivity contribution in [3.8, 4) is 29.0 Å². The highest BCUT2D eigenvalue weighted by Gasteiger charge is 2.49. The van der Waals surface area contributed by atoms with Gasteiger partial charge < -0.3 is 25.4 Å². The summed E-state index contributed by atoms with van der Waals surface area (Å²) in [5, 5.41) is 13.1. The van der Waals surface area contributed by atoms with Gasteiger partial charge in [-0.1, -0.05) is 17.7 Å². The fraction of sp³-hybridized carbons (Fsp3) is 0.452. The van der Waals surface area contributed by atoms with Gasteiger partial charge >= 0.3 is 6.01 Å². The van der Waals surface area contributed by atoms with Crippen LogP contribution in [0.4, 0.5) is 28.4 Å². The normalized spacial score (nSPS) is 26.0. The summed E-state index contributed by atoms with van der Waals surface area (Å²) >= 11 is 7.83. The number of hydrogen-bond acceptors (Lipinski definition) is 10. The summed E-state index contributed by atoms with van der Waals surface area (Å²) < 4.78 is 74.0. The van der Waals surface area contributed by atoms with Crippen molar-refractivity contribution in [3.63, 3.8) is 0 Å². The molecule has 0 saturated carbocycles. The average Bonchev–Trinajstić information content (AvgIpc) is 3.76. The number of nitrogens with zero attached hydrogens (tertiary/aromatic N) is 5. The molecule has 2 aromatic heterocycles. The van der Waals surface area contributed by atoms with Crippen LogP contribution in [0, 0.1) is 23.0 Å². The van der Waals surface area contributed by atoms with E-state index in [2.05, 4.69) is 15.2 Å². The van der Waals surface area contributed by atoms with Crippen molar-refractivity contribution >= 4 is 54.7 Å². The van der Waals surface area contributed by atoms with E-state index in [9.17, 15) is 14.0 Å². The van der Waals surface area contributed by atoms with E-state index >= 15 is 8.78 Å². The van der Waals surface area contributed by atoms with E-state index in [-0.39, 0.29) is 91.6 Å². The van der Waals surface area contributed by atoms with Crippen molar-refractivity contribution in [2.45, 2.75) is 43.2 Å². The third-order valence-electron chi connectivity index (χ3n) is 9.73. The predicted octanol–water partition coefficient (Wildman–Crippen LogP) is 5.36. The van der Waals surface area contributed by atoms with Crippen LogP contribution in [0.1, 0.15) is 24.8 Å². The van der Waals surface area contributed by atoms with Gasteiger partial charge in [-0.15, -0.1) is 11.3 Å². The third kappa shape index (κ3) is 4.39. The lowest BCUT2D eigenvalue weighted by molar-refractivity contribution is 0.107. The first-order valence-electron chi connectivity index (χ1n) is 15.1. The van der Waals surface area contributed by atoms with Crippen LogP contribution in [0.25, 0.3) is 32.1 Å². The molecule has 46 heavy (non-hydrogen) atoms. The van der Waals surface area contributed by atoms with Gasteiger partial charge in [0.1, 0.15) is 53.8 Å². The maximum absolute atomic E-state index is 17.1. The van der Waals surface area contributed by atoms with Crippen LogP contribution in [0.15, 0.2) is 12.1 Å². The van der Waals surface area contributed by atoms with Gasteiger partial charge in [0, 0.05) is 37.0 Å². The van der Waals surface area contributed by atoms with Crippen LogP contribution in [-0.2, 0) is 0 Å². The summed E-state index contributed by atoms with van der Waals surface area (Å²) in [6.07, 6.45) is -0.246. The molecule has 6 heterocycles. The Morgan fingerprint density at radius 1 is 1.22 bits per heavy atom. The lowest BCUT2D eigenvalue weighted by Gasteiger charge is -2.32. The molecule has 4 aliphatic heterocycles. The molecule has 9 nitrogen and oxygen atoms in total. The number of nitrogen functional groups attached to an aromatic ring is 1. The van der Waals surface area contributed by atoms with Crippen molar-refractivity contribution in [3.05, 3.63) is 34.4 Å². The largest absolute Gasteiger partial charge is 0.489 e. The molecule has 0 aliphatic carbocycles. The molecule has 4 aliphatic rings. The summed E-state index contributed by atoms with van der Waals surface area (Å²) in [7, 11) is 0. The first kappa shape index (κ1) is 29.7. The number of aromatic nitrogens is 2. The second kappa shape index (κ2) is 11.0. The molecule has 0 radical (unpaired) electrons. The summed E-state index contributed by atoms with van der Waals surface area (Å²) in [5.74, 6) is -1.22. The zero-order valence-electron chi connectivity index (χ0n) is 24.4. The van der Waals surface area contributed by atoms with E-state index in [1.807, 2.05) is 6.07 Å². The molecule has 8 rings (SSSR count). The topological polar surface area (TPSA) is 113 Å². The van der Waals surface area contributed by atoms with Crippen molar-refractivity contribution in [1.82, 2.24) is 20.2 Å². The minimum absolute atomic E-state index is 0.00116. The number of hydrogen-bond donors (Lipinski definition) is 2. The molecule has 4 atom stereocenters. The Kier molecular flexibility index (Phi) is 7.09. The Bertz CT molecular complexity index is 1960. The number of alkyl halides is 2. The van der Waals surface area contributed by atoms with Crippen LogP contribution >= 0.6 is 22.9 Å². The lowest BCUT2D eigenvalue weighted by atomic mass is 9.95. The van der Waals surface area contributed by atoms with Gasteiger partial charge in [-0.2, -0.15) is 15.2 Å². The van der Waals surface area contributed by atoms with Gasteiger partial charge in [0.2, 0.25) is 0 Å². The Hall–Kier alpha value is -3.64. The van der Waals surface area contributed by atoms with Crippen molar-refractivity contribution in [1.29, 1.82) is 5.26 Å². The van der Waals surface area contributed by atoms with E-state index in [0.29, 0.717) is 19.5 Å². The molecule has 3 N–H and O–H groups in total. The predicted molar refractivity (Wildman–Crippen MR) is 167 cm³/mol. The molecular formula is C31H28ClF4N7O2S. The van der Waals surface area contributed by atoms with Crippen molar-refractivity contribution in [2.24, 2.45) is 0 Å². The van der Waals surface area contributed by atoms with Crippen LogP contribution in [0.2, 0.25) is 5.02 Å². The number of thiophene rings is 1. The summed E-state index contributed by atoms with van der Waals surface area (Å²) in [6.45, 7) is 1.94. The minimum atomic E-state index is -1.23. The number of nitrogens with two attached hydrogens (primary N) is 1. The molecule has 3 saturated heterocycles. The van der Waals surface area contributed by atoms with Crippen LogP contribution < -0.4 is 25.4 Å². The zero-order valence-corrected chi connectivity index (χ0v) is 26.0. The number of nitrogens with one attached hydrogen (secondary N) is 1. The molecule has 4 aromatic rings. The highest BCUT2D eigenvalue weighted by molar-refractivity contribution is 7.23. The van der Waals surface area contributed by atoms with Gasteiger partial charge in [-0.3, -0.25) is 4.90 Å². The maximum Gasteiger partial charge on any atom is 0.319 e. The average molecular weight is 674 g/mol. The Labute approximate surface area is 269 Å². The summed E-state index contributed by atoms with van der Waals surface area (Å²) in [4.78, 5) is 13.0. The number of benzene rings is 2.